The molecule has 11 heteroatoms. The zero-order chi connectivity index (χ0) is 19.6. The molecule has 0 atom stereocenters. The summed E-state index contributed by atoms with van der Waals surface area (Å²) in [4.78, 5) is 13.7. The predicted octanol–water partition coefficient (Wildman–Crippen LogP) is 3.78. The summed E-state index contributed by atoms with van der Waals surface area (Å²) in [6.07, 6.45) is 0. The van der Waals surface area contributed by atoms with Gasteiger partial charge >= 0.3 is 10.1 Å². The van der Waals surface area contributed by atoms with E-state index in [1.807, 2.05) is 18.2 Å². The number of hydrogen-bond donors (Lipinski definition) is 2. The van der Waals surface area contributed by atoms with Gasteiger partial charge in [-0.3, -0.25) is 14.7 Å². The smallest absolute Gasteiger partial charge is 0.305 e. The van der Waals surface area contributed by atoms with Gasteiger partial charge in [0, 0.05) is 16.7 Å². The van der Waals surface area contributed by atoms with Crippen molar-refractivity contribution in [2.75, 3.05) is 0 Å². The van der Waals surface area contributed by atoms with Gasteiger partial charge in [0.2, 0.25) is 4.90 Å². The largest absolute Gasteiger partial charge is 0.504 e. The monoisotopic (exact) mass is 389 g/mol. The number of fused-ring (bicyclic) bond motifs is 1. The standard InChI is InChI=1S/C16H11N3O7S/c20-15-12(8-9-13(19(21)22)16(15)27(23,24)25)17-18-26-14-7-3-5-10-4-1-2-6-11(10)14/h1-9,20H,(H,23,24,25). The molecule has 3 aromatic carbocycles. The molecular formula is C16H11N3O7S. The molecule has 10 nitrogen and oxygen atoms in total. The molecule has 0 saturated carbocycles. The van der Waals surface area contributed by atoms with E-state index in [9.17, 15) is 23.6 Å². The molecule has 0 amide bonds. The molecule has 0 unspecified atom stereocenters. The van der Waals surface area contributed by atoms with Gasteiger partial charge in [-0.2, -0.15) is 8.42 Å². The molecule has 3 rings (SSSR count). The maximum Gasteiger partial charge on any atom is 0.305 e. The summed E-state index contributed by atoms with van der Waals surface area (Å²) in [5, 5.41) is 29.5. The molecule has 0 aromatic heterocycles. The lowest BCUT2D eigenvalue weighted by atomic mass is 10.1. The number of rotatable bonds is 5. The van der Waals surface area contributed by atoms with Crippen LogP contribution in [0.3, 0.4) is 0 Å². The van der Waals surface area contributed by atoms with Crippen molar-refractivity contribution in [1.29, 1.82) is 0 Å². The van der Waals surface area contributed by atoms with Crippen LogP contribution in [-0.2, 0) is 10.1 Å². The molecule has 2 N–H and O–H groups in total. The van der Waals surface area contributed by atoms with E-state index < -0.39 is 37.1 Å². The van der Waals surface area contributed by atoms with Gasteiger partial charge in [0.25, 0.3) is 5.69 Å². The normalized spacial score (nSPS) is 11.7. The van der Waals surface area contributed by atoms with Crippen LogP contribution in [0.15, 0.2) is 69.9 Å². The zero-order valence-electron chi connectivity index (χ0n) is 13.4. The van der Waals surface area contributed by atoms with Gasteiger partial charge in [0.1, 0.15) is 5.69 Å². The van der Waals surface area contributed by atoms with Gasteiger partial charge in [-0.05, 0) is 17.5 Å². The van der Waals surface area contributed by atoms with E-state index in [0.717, 1.165) is 22.9 Å². The van der Waals surface area contributed by atoms with Crippen LogP contribution in [0.1, 0.15) is 0 Å². The van der Waals surface area contributed by atoms with E-state index in [0.29, 0.717) is 5.75 Å². The van der Waals surface area contributed by atoms with Crippen molar-refractivity contribution in [3.63, 3.8) is 0 Å². The molecule has 0 saturated heterocycles. The van der Waals surface area contributed by atoms with Crippen LogP contribution in [0, 0.1) is 10.1 Å². The fourth-order valence-corrected chi connectivity index (χ4v) is 3.17. The van der Waals surface area contributed by atoms with Gasteiger partial charge in [-0.1, -0.05) is 36.4 Å². The molecule has 0 bridgehead atoms. The number of benzene rings is 3. The number of phenols is 1. The Morgan fingerprint density at radius 1 is 1.04 bits per heavy atom. The van der Waals surface area contributed by atoms with E-state index in [-0.39, 0.29) is 0 Å². The zero-order valence-corrected chi connectivity index (χ0v) is 14.2. The van der Waals surface area contributed by atoms with Crippen LogP contribution >= 0.6 is 0 Å². The van der Waals surface area contributed by atoms with Crippen LogP contribution in [0.2, 0.25) is 0 Å². The minimum absolute atomic E-state index is 0.355. The molecule has 138 valence electrons. The highest BCUT2D eigenvalue weighted by molar-refractivity contribution is 7.86. The van der Waals surface area contributed by atoms with E-state index in [2.05, 4.69) is 10.4 Å². The quantitative estimate of drug-likeness (QED) is 0.291. The highest BCUT2D eigenvalue weighted by atomic mass is 32.2. The van der Waals surface area contributed by atoms with E-state index in [1.54, 1.807) is 24.3 Å². The SMILES string of the molecule is O=[N+]([O-])c1ccc(N=NOc2cccc3ccccc23)c(O)c1S(=O)(=O)O. The summed E-state index contributed by atoms with van der Waals surface area (Å²) in [6.45, 7) is 0. The highest BCUT2D eigenvalue weighted by Gasteiger charge is 2.30. The summed E-state index contributed by atoms with van der Waals surface area (Å²) in [7, 11) is -5.07. The van der Waals surface area contributed by atoms with Crippen LogP contribution in [-0.4, -0.2) is 23.0 Å². The lowest BCUT2D eigenvalue weighted by molar-refractivity contribution is -0.388. The summed E-state index contributed by atoms with van der Waals surface area (Å²) < 4.78 is 31.9. The second-order valence-electron chi connectivity index (χ2n) is 5.26. The summed E-state index contributed by atoms with van der Waals surface area (Å²) >= 11 is 0. The van der Waals surface area contributed by atoms with Gasteiger partial charge in [0.15, 0.2) is 11.5 Å². The van der Waals surface area contributed by atoms with Crippen molar-refractivity contribution >= 4 is 32.3 Å². The molecule has 0 aliphatic rings. The Bertz CT molecular complexity index is 1170. The van der Waals surface area contributed by atoms with Crippen LogP contribution < -0.4 is 4.84 Å². The van der Waals surface area contributed by atoms with Gasteiger partial charge in [-0.25, -0.2) is 0 Å². The molecule has 0 spiro atoms. The molecular weight excluding hydrogens is 378 g/mol. The first-order chi connectivity index (χ1) is 12.8. The summed E-state index contributed by atoms with van der Waals surface area (Å²) in [5.74, 6) is -0.759. The molecule has 0 aliphatic heterocycles. The minimum atomic E-state index is -5.07. The number of nitro benzene ring substituents is 1. The Morgan fingerprint density at radius 3 is 2.44 bits per heavy atom. The second kappa shape index (κ2) is 6.97. The Kier molecular flexibility index (Phi) is 4.71. The van der Waals surface area contributed by atoms with Crippen molar-refractivity contribution in [2.45, 2.75) is 4.90 Å². The fraction of sp³-hybridized carbons (Fsp3) is 0. The second-order valence-corrected chi connectivity index (χ2v) is 6.62. The first-order valence-electron chi connectivity index (χ1n) is 7.32. The maximum atomic E-state index is 11.4. The number of nitrogens with zero attached hydrogens (tertiary/aromatic N) is 3. The van der Waals surface area contributed by atoms with Crippen LogP contribution in [0.5, 0.6) is 11.5 Å². The molecule has 0 radical (unpaired) electrons. The van der Waals surface area contributed by atoms with Crippen molar-refractivity contribution in [2.24, 2.45) is 10.4 Å². The van der Waals surface area contributed by atoms with Crippen LogP contribution in [0.25, 0.3) is 10.8 Å². The number of hydrogen-bond acceptors (Lipinski definition) is 8. The van der Waals surface area contributed by atoms with Crippen molar-refractivity contribution in [3.05, 3.63) is 64.7 Å². The average molecular weight is 389 g/mol. The van der Waals surface area contributed by atoms with Crippen LogP contribution in [0.4, 0.5) is 11.4 Å². The van der Waals surface area contributed by atoms with E-state index in [1.165, 1.54) is 0 Å². The first-order valence-corrected chi connectivity index (χ1v) is 8.76. The van der Waals surface area contributed by atoms with Crippen molar-refractivity contribution < 1.29 is 27.8 Å². The lowest BCUT2D eigenvalue weighted by Gasteiger charge is -2.05. The van der Waals surface area contributed by atoms with Crippen molar-refractivity contribution in [3.8, 4) is 11.5 Å². The Hall–Kier alpha value is -3.57. The van der Waals surface area contributed by atoms with Gasteiger partial charge < -0.3 is 9.94 Å². The average Bonchev–Trinajstić information content (AvgIpc) is 2.61. The van der Waals surface area contributed by atoms with E-state index in [4.69, 9.17) is 9.39 Å². The lowest BCUT2D eigenvalue weighted by Crippen LogP contribution is -2.03. The number of phenolic OH excluding ortho intramolecular Hbond substituents is 1. The minimum Gasteiger partial charge on any atom is -0.504 e. The first kappa shape index (κ1) is 18.2. The molecule has 0 aliphatic carbocycles. The Morgan fingerprint density at radius 2 is 1.74 bits per heavy atom. The van der Waals surface area contributed by atoms with Gasteiger partial charge in [0.05, 0.1) is 4.92 Å². The summed E-state index contributed by atoms with van der Waals surface area (Å²) in [5.41, 5.74) is -1.43. The number of nitro groups is 1. The predicted molar refractivity (Wildman–Crippen MR) is 93.7 cm³/mol. The summed E-state index contributed by atoms with van der Waals surface area (Å²) in [6, 6.07) is 14.3. The topological polar surface area (TPSA) is 152 Å². The Balaban J connectivity index is 1.97. The van der Waals surface area contributed by atoms with Gasteiger partial charge in [-0.15, -0.1) is 5.11 Å². The fourth-order valence-electron chi connectivity index (χ4n) is 2.41. The molecule has 0 fully saturated rings. The Labute approximate surface area is 152 Å². The maximum absolute atomic E-state index is 11.4. The third kappa shape index (κ3) is 3.68. The molecule has 27 heavy (non-hydrogen) atoms. The third-order valence-corrected chi connectivity index (χ3v) is 4.50. The van der Waals surface area contributed by atoms with Crippen molar-refractivity contribution in [1.82, 2.24) is 0 Å². The number of aromatic hydroxyl groups is 1. The molecule has 3 aromatic rings. The highest BCUT2D eigenvalue weighted by Crippen LogP contribution is 2.39. The van der Waals surface area contributed by atoms with E-state index >= 15 is 0 Å². The third-order valence-electron chi connectivity index (χ3n) is 3.58. The molecule has 0 heterocycles.